The normalized spacial score (nSPS) is 11.8. The quantitative estimate of drug-likeness (QED) is 0.605. The van der Waals surface area contributed by atoms with E-state index in [2.05, 4.69) is 5.32 Å². The molecule has 1 heterocycles. The molecule has 0 saturated heterocycles. The Morgan fingerprint density at radius 3 is 2.61 bits per heavy atom. The number of furan rings is 1. The number of halogens is 1. The summed E-state index contributed by atoms with van der Waals surface area (Å²) in [6.45, 7) is 1.94. The summed E-state index contributed by atoms with van der Waals surface area (Å²) < 4.78 is 15.8. The average molecular weight is 402 g/mol. The van der Waals surface area contributed by atoms with Gasteiger partial charge < -0.3 is 19.2 Å². The van der Waals surface area contributed by atoms with E-state index in [1.165, 1.54) is 13.0 Å². The molecule has 28 heavy (non-hydrogen) atoms. The molecule has 0 aliphatic carbocycles. The van der Waals surface area contributed by atoms with Crippen LogP contribution < -0.4 is 10.1 Å². The van der Waals surface area contributed by atoms with Crippen LogP contribution in [0.25, 0.3) is 11.0 Å². The van der Waals surface area contributed by atoms with E-state index in [0.717, 1.165) is 11.3 Å². The van der Waals surface area contributed by atoms with Gasteiger partial charge >= 0.3 is 5.97 Å². The molecule has 2 aromatic carbocycles. The molecule has 0 spiro atoms. The highest BCUT2D eigenvalue weighted by Gasteiger charge is 2.21. The fourth-order valence-electron chi connectivity index (χ4n) is 2.65. The molecule has 1 N–H and O–H groups in total. The second-order valence-electron chi connectivity index (χ2n) is 6.23. The smallest absolute Gasteiger partial charge is 0.375 e. The predicted molar refractivity (Wildman–Crippen MR) is 106 cm³/mol. The topological polar surface area (TPSA) is 77.8 Å². The summed E-state index contributed by atoms with van der Waals surface area (Å²) in [4.78, 5) is 24.4. The summed E-state index contributed by atoms with van der Waals surface area (Å²) in [5, 5.41) is 3.99. The second-order valence-corrected chi connectivity index (χ2v) is 6.67. The van der Waals surface area contributed by atoms with Gasteiger partial charge in [0, 0.05) is 17.0 Å². The molecule has 0 aliphatic rings. The molecule has 0 unspecified atom stereocenters. The maximum Gasteiger partial charge on any atom is 0.375 e. The second kappa shape index (κ2) is 8.80. The van der Waals surface area contributed by atoms with Crippen LogP contribution in [0, 0.1) is 0 Å². The molecule has 146 valence electrons. The summed E-state index contributed by atoms with van der Waals surface area (Å²) in [5.41, 5.74) is 1.58. The number of amides is 1. The van der Waals surface area contributed by atoms with Crippen LogP contribution in [0.3, 0.4) is 0 Å². The highest BCUT2D eigenvalue weighted by Crippen LogP contribution is 2.23. The van der Waals surface area contributed by atoms with Crippen molar-refractivity contribution in [3.8, 4) is 5.75 Å². The maximum atomic E-state index is 12.2. The molecule has 3 rings (SSSR count). The minimum atomic E-state index is -0.944. The fourth-order valence-corrected chi connectivity index (χ4v) is 2.83. The van der Waals surface area contributed by atoms with Gasteiger partial charge in [-0.15, -0.1) is 0 Å². The van der Waals surface area contributed by atoms with E-state index in [4.69, 9.17) is 25.5 Å². The molecule has 6 nitrogen and oxygen atoms in total. The van der Waals surface area contributed by atoms with Crippen molar-refractivity contribution in [2.75, 3.05) is 13.7 Å². The molecule has 7 heteroatoms. The van der Waals surface area contributed by atoms with Crippen molar-refractivity contribution in [3.05, 3.63) is 64.9 Å². The number of rotatable bonds is 7. The Morgan fingerprint density at radius 1 is 1.14 bits per heavy atom. The third-order valence-corrected chi connectivity index (χ3v) is 4.44. The Hall–Kier alpha value is -2.99. The number of hydrogen-bond acceptors (Lipinski definition) is 5. The monoisotopic (exact) mass is 401 g/mol. The SMILES string of the molecule is COc1ccc(CCNC(=O)[C@H](C)OC(=O)c2cc3cc(Cl)ccc3o2)cc1. The van der Waals surface area contributed by atoms with Crippen LogP contribution in [0.4, 0.5) is 0 Å². The molecule has 0 bridgehead atoms. The lowest BCUT2D eigenvalue weighted by Crippen LogP contribution is -2.36. The molecular formula is C21H20ClNO5. The first-order valence-electron chi connectivity index (χ1n) is 8.77. The van der Waals surface area contributed by atoms with Crippen molar-refractivity contribution < 1.29 is 23.5 Å². The summed E-state index contributed by atoms with van der Waals surface area (Å²) >= 11 is 5.92. The van der Waals surface area contributed by atoms with Gasteiger partial charge in [-0.05, 0) is 55.3 Å². The fraction of sp³-hybridized carbons (Fsp3) is 0.238. The summed E-state index contributed by atoms with van der Waals surface area (Å²) in [6, 6.07) is 14.2. The van der Waals surface area contributed by atoms with Crippen molar-refractivity contribution in [3.63, 3.8) is 0 Å². The summed E-state index contributed by atoms with van der Waals surface area (Å²) in [7, 11) is 1.61. The van der Waals surface area contributed by atoms with Crippen LogP contribution in [0.15, 0.2) is 52.9 Å². The Kier molecular flexibility index (Phi) is 6.21. The first-order valence-corrected chi connectivity index (χ1v) is 9.15. The molecule has 1 amide bonds. The van der Waals surface area contributed by atoms with E-state index < -0.39 is 12.1 Å². The van der Waals surface area contributed by atoms with Crippen molar-refractivity contribution in [1.29, 1.82) is 0 Å². The zero-order valence-corrected chi connectivity index (χ0v) is 16.3. The van der Waals surface area contributed by atoms with Gasteiger partial charge in [0.05, 0.1) is 7.11 Å². The number of benzene rings is 2. The largest absolute Gasteiger partial charge is 0.497 e. The van der Waals surface area contributed by atoms with Crippen molar-refractivity contribution in [2.45, 2.75) is 19.4 Å². The highest BCUT2D eigenvalue weighted by atomic mass is 35.5. The number of esters is 1. The van der Waals surface area contributed by atoms with Gasteiger partial charge in [-0.2, -0.15) is 0 Å². The number of nitrogens with one attached hydrogen (secondary N) is 1. The standard InChI is InChI=1S/C21H20ClNO5/c1-13(20(24)23-10-9-14-3-6-17(26-2)7-4-14)27-21(25)19-12-15-11-16(22)5-8-18(15)28-19/h3-8,11-13H,9-10H2,1-2H3,(H,23,24)/t13-/m0/s1. The maximum absolute atomic E-state index is 12.2. The lowest BCUT2D eigenvalue weighted by atomic mass is 10.1. The number of hydrogen-bond donors (Lipinski definition) is 1. The Labute approximate surface area is 167 Å². The van der Waals surface area contributed by atoms with Crippen LogP contribution in [-0.4, -0.2) is 31.6 Å². The van der Waals surface area contributed by atoms with Crippen molar-refractivity contribution in [1.82, 2.24) is 5.32 Å². The van der Waals surface area contributed by atoms with E-state index >= 15 is 0 Å². The number of carbonyl (C=O) groups excluding carboxylic acids is 2. The average Bonchev–Trinajstić information content (AvgIpc) is 3.11. The number of methoxy groups -OCH3 is 1. The van der Waals surface area contributed by atoms with E-state index in [1.807, 2.05) is 24.3 Å². The Balaban J connectivity index is 1.50. The van der Waals surface area contributed by atoms with E-state index in [0.29, 0.717) is 29.0 Å². The minimum Gasteiger partial charge on any atom is -0.497 e. The molecule has 0 saturated carbocycles. The molecular weight excluding hydrogens is 382 g/mol. The number of ether oxygens (including phenoxy) is 2. The van der Waals surface area contributed by atoms with E-state index in [9.17, 15) is 9.59 Å². The number of carbonyl (C=O) groups is 2. The van der Waals surface area contributed by atoms with Gasteiger partial charge in [-0.3, -0.25) is 4.79 Å². The van der Waals surface area contributed by atoms with Crippen LogP contribution in [0.2, 0.25) is 5.02 Å². The third kappa shape index (κ3) is 4.84. The minimum absolute atomic E-state index is 0.0233. The van der Waals surface area contributed by atoms with Gasteiger partial charge in [-0.1, -0.05) is 23.7 Å². The van der Waals surface area contributed by atoms with Gasteiger partial charge in [0.1, 0.15) is 11.3 Å². The number of fused-ring (bicyclic) bond motifs is 1. The van der Waals surface area contributed by atoms with E-state index in [-0.39, 0.29) is 11.7 Å². The first-order chi connectivity index (χ1) is 13.5. The van der Waals surface area contributed by atoms with Gasteiger partial charge in [0.25, 0.3) is 5.91 Å². The summed E-state index contributed by atoms with van der Waals surface area (Å²) in [6.07, 6.45) is -0.291. The lowest BCUT2D eigenvalue weighted by Gasteiger charge is -2.12. The van der Waals surface area contributed by atoms with Gasteiger partial charge in [-0.25, -0.2) is 4.79 Å². The van der Waals surface area contributed by atoms with Crippen LogP contribution in [-0.2, 0) is 16.0 Å². The molecule has 0 fully saturated rings. The summed E-state index contributed by atoms with van der Waals surface area (Å²) in [5.74, 6) is -0.275. The third-order valence-electron chi connectivity index (χ3n) is 4.20. The van der Waals surface area contributed by atoms with Crippen LogP contribution in [0.5, 0.6) is 5.75 Å². The Morgan fingerprint density at radius 2 is 1.89 bits per heavy atom. The van der Waals surface area contributed by atoms with Gasteiger partial charge in [0.2, 0.25) is 5.76 Å². The molecule has 0 radical (unpaired) electrons. The van der Waals surface area contributed by atoms with Crippen LogP contribution >= 0.6 is 11.6 Å². The molecule has 1 aromatic heterocycles. The van der Waals surface area contributed by atoms with Crippen molar-refractivity contribution >= 4 is 34.4 Å². The molecule has 3 aromatic rings. The van der Waals surface area contributed by atoms with E-state index in [1.54, 1.807) is 25.3 Å². The molecule has 1 atom stereocenters. The van der Waals surface area contributed by atoms with Crippen molar-refractivity contribution in [2.24, 2.45) is 0 Å². The lowest BCUT2D eigenvalue weighted by molar-refractivity contribution is -0.129. The molecule has 0 aliphatic heterocycles. The highest BCUT2D eigenvalue weighted by molar-refractivity contribution is 6.31. The van der Waals surface area contributed by atoms with Crippen LogP contribution in [0.1, 0.15) is 23.0 Å². The zero-order valence-electron chi connectivity index (χ0n) is 15.5. The predicted octanol–water partition coefficient (Wildman–Crippen LogP) is 4.00. The van der Waals surface area contributed by atoms with Gasteiger partial charge in [0.15, 0.2) is 6.10 Å². The Bertz CT molecular complexity index is 980. The zero-order chi connectivity index (χ0) is 20.1. The first kappa shape index (κ1) is 19.8.